The van der Waals surface area contributed by atoms with Crippen molar-refractivity contribution in [3.63, 3.8) is 0 Å². The number of alkyl halides is 3. The highest BCUT2D eigenvalue weighted by atomic mass is 19.4. The number of rotatable bonds is 3. The predicted molar refractivity (Wildman–Crippen MR) is 79.4 cm³/mol. The lowest BCUT2D eigenvalue weighted by molar-refractivity contribution is -0.189. The number of carbonyl (C=O) groups is 1. The van der Waals surface area contributed by atoms with Crippen LogP contribution in [0.1, 0.15) is 5.56 Å². The summed E-state index contributed by atoms with van der Waals surface area (Å²) in [6, 6.07) is 7.70. The molecule has 2 heterocycles. The second-order valence-electron chi connectivity index (χ2n) is 5.04. The number of aromatic nitrogens is 3. The molecular formula is C16H10F3N3O3. The van der Waals surface area contributed by atoms with Gasteiger partial charge in [-0.2, -0.15) is 13.2 Å². The van der Waals surface area contributed by atoms with Gasteiger partial charge in [-0.25, -0.2) is 4.79 Å². The molecule has 0 fully saturated rings. The van der Waals surface area contributed by atoms with Crippen molar-refractivity contribution in [2.45, 2.75) is 13.1 Å². The molecule has 2 aromatic heterocycles. The van der Waals surface area contributed by atoms with Crippen LogP contribution in [0.4, 0.5) is 13.2 Å². The van der Waals surface area contributed by atoms with Crippen LogP contribution in [0.5, 0.6) is 5.75 Å². The molecule has 6 nitrogen and oxygen atoms in total. The summed E-state index contributed by atoms with van der Waals surface area (Å²) < 4.78 is 47.3. The second kappa shape index (κ2) is 6.34. The molecule has 3 rings (SSSR count). The van der Waals surface area contributed by atoms with Gasteiger partial charge in [0.2, 0.25) is 5.89 Å². The Labute approximate surface area is 139 Å². The fraction of sp³-hybridized carbons (Fsp3) is 0.125. The van der Waals surface area contributed by atoms with Crippen molar-refractivity contribution in [2.24, 2.45) is 0 Å². The molecule has 1 aromatic carbocycles. The molecule has 3 aromatic rings. The van der Waals surface area contributed by atoms with E-state index in [4.69, 9.17) is 4.42 Å². The van der Waals surface area contributed by atoms with Crippen LogP contribution in [0.15, 0.2) is 47.1 Å². The number of halogens is 3. The van der Waals surface area contributed by atoms with Crippen molar-refractivity contribution < 1.29 is 27.1 Å². The zero-order valence-corrected chi connectivity index (χ0v) is 12.7. The Kier molecular flexibility index (Phi) is 4.22. The molecule has 0 spiro atoms. The van der Waals surface area contributed by atoms with E-state index in [1.165, 1.54) is 18.3 Å². The van der Waals surface area contributed by atoms with Crippen LogP contribution >= 0.6 is 0 Å². The maximum Gasteiger partial charge on any atom is 0.491 e. The Balaban J connectivity index is 1.98. The minimum atomic E-state index is -5.11. The molecule has 0 atom stereocenters. The van der Waals surface area contributed by atoms with Crippen LogP contribution < -0.4 is 4.74 Å². The quantitative estimate of drug-likeness (QED) is 0.531. The molecule has 0 amide bonds. The summed E-state index contributed by atoms with van der Waals surface area (Å²) in [6.07, 6.45) is -2.05. The molecule has 0 saturated carbocycles. The summed E-state index contributed by atoms with van der Waals surface area (Å²) in [7, 11) is 0. The van der Waals surface area contributed by atoms with E-state index in [9.17, 15) is 18.0 Å². The van der Waals surface area contributed by atoms with Crippen LogP contribution in [-0.2, 0) is 4.79 Å². The zero-order chi connectivity index (χ0) is 18.0. The Hall–Kier alpha value is -3.23. The lowest BCUT2D eigenvalue weighted by Gasteiger charge is -2.10. The molecule has 0 aliphatic carbocycles. The first-order valence-corrected chi connectivity index (χ1v) is 6.98. The van der Waals surface area contributed by atoms with E-state index in [2.05, 4.69) is 19.9 Å². The Morgan fingerprint density at radius 1 is 1.16 bits per heavy atom. The number of carbonyl (C=O) groups excluding carboxylic acids is 1. The van der Waals surface area contributed by atoms with Crippen LogP contribution in [0.2, 0.25) is 0 Å². The predicted octanol–water partition coefficient (Wildman–Crippen LogP) is 3.57. The van der Waals surface area contributed by atoms with E-state index < -0.39 is 12.1 Å². The van der Waals surface area contributed by atoms with Crippen molar-refractivity contribution in [2.75, 3.05) is 0 Å². The summed E-state index contributed by atoms with van der Waals surface area (Å²) in [6.45, 7) is 1.64. The van der Waals surface area contributed by atoms with E-state index >= 15 is 0 Å². The average Bonchev–Trinajstić information content (AvgIpc) is 3.05. The Bertz CT molecular complexity index is 908. The largest absolute Gasteiger partial charge is 0.491 e. The lowest BCUT2D eigenvalue weighted by Crippen LogP contribution is -2.28. The number of esters is 1. The summed E-state index contributed by atoms with van der Waals surface area (Å²) in [5.74, 6) is -2.59. The van der Waals surface area contributed by atoms with Crippen molar-refractivity contribution in [3.05, 3.63) is 48.3 Å². The summed E-state index contributed by atoms with van der Waals surface area (Å²) in [5.41, 5.74) is 1.22. The van der Waals surface area contributed by atoms with E-state index in [0.717, 1.165) is 0 Å². The summed E-state index contributed by atoms with van der Waals surface area (Å²) >= 11 is 0. The van der Waals surface area contributed by atoms with E-state index in [1.807, 2.05) is 0 Å². The van der Waals surface area contributed by atoms with Gasteiger partial charge in [0.1, 0.15) is 5.75 Å². The van der Waals surface area contributed by atoms with Crippen molar-refractivity contribution in [1.29, 1.82) is 0 Å². The smallest absolute Gasteiger partial charge is 0.419 e. The molecular weight excluding hydrogens is 339 g/mol. The van der Waals surface area contributed by atoms with Gasteiger partial charge in [-0.15, -0.1) is 10.2 Å². The van der Waals surface area contributed by atoms with Gasteiger partial charge >= 0.3 is 12.1 Å². The van der Waals surface area contributed by atoms with Crippen LogP contribution in [0.25, 0.3) is 22.9 Å². The maximum absolute atomic E-state index is 12.5. The standard InChI is InChI=1S/C16H10F3N3O3/c1-9-4-5-11(12(7-9)24-15(23)16(17,18)19)14-22-21-13(25-14)10-3-2-6-20-8-10/h2-8H,1H3. The molecule has 128 valence electrons. The third-order valence-electron chi connectivity index (χ3n) is 3.14. The van der Waals surface area contributed by atoms with Crippen LogP contribution in [0, 0.1) is 6.92 Å². The normalized spacial score (nSPS) is 11.4. The number of benzene rings is 1. The van der Waals surface area contributed by atoms with Gasteiger partial charge in [0.15, 0.2) is 0 Å². The fourth-order valence-corrected chi connectivity index (χ4v) is 1.99. The molecule has 0 saturated heterocycles. The second-order valence-corrected chi connectivity index (χ2v) is 5.04. The third-order valence-corrected chi connectivity index (χ3v) is 3.14. The third kappa shape index (κ3) is 3.65. The number of pyridine rings is 1. The highest BCUT2D eigenvalue weighted by Gasteiger charge is 2.41. The van der Waals surface area contributed by atoms with Gasteiger partial charge in [-0.3, -0.25) is 4.98 Å². The molecule has 0 N–H and O–H groups in total. The van der Waals surface area contributed by atoms with E-state index in [-0.39, 0.29) is 23.1 Å². The van der Waals surface area contributed by atoms with Gasteiger partial charge in [-0.05, 0) is 36.8 Å². The fourth-order valence-electron chi connectivity index (χ4n) is 1.99. The number of hydrogen-bond acceptors (Lipinski definition) is 6. The van der Waals surface area contributed by atoms with Gasteiger partial charge < -0.3 is 9.15 Å². The van der Waals surface area contributed by atoms with E-state index in [1.54, 1.807) is 31.3 Å². The number of nitrogens with zero attached hydrogens (tertiary/aromatic N) is 3. The Morgan fingerprint density at radius 2 is 1.92 bits per heavy atom. The monoisotopic (exact) mass is 349 g/mol. The zero-order valence-electron chi connectivity index (χ0n) is 12.7. The van der Waals surface area contributed by atoms with Crippen molar-refractivity contribution in [3.8, 4) is 28.7 Å². The van der Waals surface area contributed by atoms with Gasteiger partial charge in [0.25, 0.3) is 5.89 Å². The van der Waals surface area contributed by atoms with Crippen molar-refractivity contribution in [1.82, 2.24) is 15.2 Å². The first-order valence-electron chi connectivity index (χ1n) is 6.98. The molecule has 0 unspecified atom stereocenters. The van der Waals surface area contributed by atoms with Gasteiger partial charge in [0, 0.05) is 12.4 Å². The molecule has 0 aliphatic rings. The average molecular weight is 349 g/mol. The van der Waals surface area contributed by atoms with Crippen LogP contribution in [-0.4, -0.2) is 27.3 Å². The number of hydrogen-bond donors (Lipinski definition) is 0. The maximum atomic E-state index is 12.5. The molecule has 25 heavy (non-hydrogen) atoms. The van der Waals surface area contributed by atoms with Crippen molar-refractivity contribution >= 4 is 5.97 Å². The molecule has 9 heteroatoms. The molecule has 0 aliphatic heterocycles. The first kappa shape index (κ1) is 16.6. The summed E-state index contributed by atoms with van der Waals surface area (Å²) in [5, 5.41) is 7.64. The van der Waals surface area contributed by atoms with Gasteiger partial charge in [-0.1, -0.05) is 6.07 Å². The van der Waals surface area contributed by atoms with E-state index in [0.29, 0.717) is 11.1 Å². The highest BCUT2D eigenvalue weighted by Crippen LogP contribution is 2.33. The highest BCUT2D eigenvalue weighted by molar-refractivity contribution is 5.80. The molecule has 0 radical (unpaired) electrons. The van der Waals surface area contributed by atoms with Crippen LogP contribution in [0.3, 0.4) is 0 Å². The number of ether oxygens (including phenoxy) is 1. The molecule has 0 bridgehead atoms. The minimum absolute atomic E-state index is 0.0749. The lowest BCUT2D eigenvalue weighted by atomic mass is 10.1. The van der Waals surface area contributed by atoms with Gasteiger partial charge in [0.05, 0.1) is 11.1 Å². The summed E-state index contributed by atoms with van der Waals surface area (Å²) in [4.78, 5) is 15.0. The Morgan fingerprint density at radius 3 is 2.60 bits per heavy atom. The first-order chi connectivity index (χ1) is 11.8. The topological polar surface area (TPSA) is 78.1 Å². The minimum Gasteiger partial charge on any atom is -0.419 e. The number of aryl methyl sites for hydroxylation is 1. The SMILES string of the molecule is Cc1ccc(-c2nnc(-c3cccnc3)o2)c(OC(=O)C(F)(F)F)c1.